The summed E-state index contributed by atoms with van der Waals surface area (Å²) in [5.74, 6) is -0.294. The van der Waals surface area contributed by atoms with Gasteiger partial charge in [0, 0.05) is 11.8 Å². The van der Waals surface area contributed by atoms with E-state index in [9.17, 15) is 9.50 Å². The van der Waals surface area contributed by atoms with E-state index < -0.39 is 11.6 Å². The Balaban J connectivity index is 1.90. The maximum atomic E-state index is 13.3. The summed E-state index contributed by atoms with van der Waals surface area (Å²) in [6, 6.07) is 9.94. The van der Waals surface area contributed by atoms with Crippen molar-refractivity contribution in [3.8, 4) is 11.5 Å². The van der Waals surface area contributed by atoms with Gasteiger partial charge in [0.1, 0.15) is 5.75 Å². The van der Waals surface area contributed by atoms with Gasteiger partial charge in [-0.15, -0.1) is 0 Å². The summed E-state index contributed by atoms with van der Waals surface area (Å²) in [4.78, 5) is 8.58. The van der Waals surface area contributed by atoms with Crippen molar-refractivity contribution in [3.63, 3.8) is 0 Å². The zero-order valence-corrected chi connectivity index (χ0v) is 12.6. The first-order chi connectivity index (χ1) is 10.7. The number of phenols is 1. The van der Waals surface area contributed by atoms with Gasteiger partial charge in [0.2, 0.25) is 5.13 Å². The number of para-hydroxylation sites is 1. The fraction of sp³-hybridized carbons (Fsp3) is 0.125. The lowest BCUT2D eigenvalue weighted by Crippen LogP contribution is -1.89. The van der Waals surface area contributed by atoms with Gasteiger partial charge in [-0.05, 0) is 37.3 Å². The number of hydrogen-bond acceptors (Lipinski definition) is 5. The molecule has 0 atom stereocenters. The second-order valence-electron chi connectivity index (χ2n) is 4.49. The first-order valence-corrected chi connectivity index (χ1v) is 7.54. The normalized spacial score (nSPS) is 11.4. The minimum absolute atomic E-state index is 0.314. The van der Waals surface area contributed by atoms with Crippen LogP contribution in [0, 0.1) is 5.82 Å². The van der Waals surface area contributed by atoms with E-state index in [0.717, 1.165) is 16.0 Å². The zero-order chi connectivity index (χ0) is 15.5. The quantitative estimate of drug-likeness (QED) is 0.731. The number of hydrogen-bond donors (Lipinski definition) is 1. The monoisotopic (exact) mass is 316 g/mol. The number of benzene rings is 2. The second kappa shape index (κ2) is 6.11. The van der Waals surface area contributed by atoms with Crippen molar-refractivity contribution in [2.24, 2.45) is 4.99 Å². The molecule has 1 N–H and O–H groups in total. The lowest BCUT2D eigenvalue weighted by Gasteiger charge is -2.00. The molecule has 3 aromatic rings. The molecule has 0 saturated carbocycles. The van der Waals surface area contributed by atoms with Crippen molar-refractivity contribution in [2.75, 3.05) is 6.61 Å². The summed E-state index contributed by atoms with van der Waals surface area (Å²) in [5.41, 5.74) is 1.14. The van der Waals surface area contributed by atoms with Gasteiger partial charge in [-0.3, -0.25) is 0 Å². The summed E-state index contributed by atoms with van der Waals surface area (Å²) < 4.78 is 19.7. The molecule has 0 unspecified atom stereocenters. The number of aliphatic imine (C=N–C) groups is 1. The first kappa shape index (κ1) is 14.5. The Kier molecular flexibility index (Phi) is 4.02. The molecule has 0 bridgehead atoms. The topological polar surface area (TPSA) is 54.7 Å². The summed E-state index contributed by atoms with van der Waals surface area (Å²) in [6.07, 6.45) is 1.40. The van der Waals surface area contributed by atoms with E-state index in [1.54, 1.807) is 6.07 Å². The molecule has 3 rings (SSSR count). The molecule has 1 heterocycles. The fourth-order valence-corrected chi connectivity index (χ4v) is 2.80. The fourth-order valence-electron chi connectivity index (χ4n) is 1.97. The molecule has 0 aliphatic rings. The minimum atomic E-state index is -0.672. The maximum Gasteiger partial charge on any atom is 0.210 e. The minimum Gasteiger partial charge on any atom is -0.504 e. The van der Waals surface area contributed by atoms with Gasteiger partial charge in [-0.1, -0.05) is 17.4 Å². The zero-order valence-electron chi connectivity index (χ0n) is 11.8. The predicted octanol–water partition coefficient (Wildman–Crippen LogP) is 4.29. The highest BCUT2D eigenvalue weighted by Crippen LogP contribution is 2.31. The standard InChI is InChI=1S/C16H13FN2O2S/c1-2-21-11-6-7-13-14(8-11)22-16(19-13)18-9-10-4-3-5-12(17)15(10)20/h3-9,20H,2H2,1H3/b18-9+. The molecule has 22 heavy (non-hydrogen) atoms. The highest BCUT2D eigenvalue weighted by Gasteiger charge is 2.06. The van der Waals surface area contributed by atoms with Crippen molar-refractivity contribution < 1.29 is 14.2 Å². The molecule has 0 saturated heterocycles. The highest BCUT2D eigenvalue weighted by atomic mass is 32.1. The lowest BCUT2D eigenvalue weighted by molar-refractivity contribution is 0.341. The average Bonchev–Trinajstić information content (AvgIpc) is 2.91. The van der Waals surface area contributed by atoms with E-state index in [1.165, 1.54) is 29.7 Å². The molecule has 2 aromatic carbocycles. The highest BCUT2D eigenvalue weighted by molar-refractivity contribution is 7.22. The second-order valence-corrected chi connectivity index (χ2v) is 5.50. The Hall–Kier alpha value is -2.47. The number of nitrogens with zero attached hydrogens (tertiary/aromatic N) is 2. The van der Waals surface area contributed by atoms with Crippen molar-refractivity contribution in [1.29, 1.82) is 0 Å². The van der Waals surface area contributed by atoms with Gasteiger partial charge in [-0.25, -0.2) is 14.4 Å². The molecular formula is C16H13FN2O2S. The molecule has 0 radical (unpaired) electrons. The van der Waals surface area contributed by atoms with Crippen LogP contribution in [0.4, 0.5) is 9.52 Å². The van der Waals surface area contributed by atoms with Crippen LogP contribution in [-0.4, -0.2) is 22.9 Å². The number of halogens is 1. The van der Waals surface area contributed by atoms with Crippen LogP contribution in [0.3, 0.4) is 0 Å². The number of thiazole rings is 1. The Morgan fingerprint density at radius 2 is 2.23 bits per heavy atom. The third kappa shape index (κ3) is 2.92. The Bertz CT molecular complexity index is 845. The number of fused-ring (bicyclic) bond motifs is 1. The molecule has 0 aliphatic carbocycles. The van der Waals surface area contributed by atoms with Crippen LogP contribution < -0.4 is 4.74 Å². The lowest BCUT2D eigenvalue weighted by atomic mass is 10.2. The maximum absolute atomic E-state index is 13.3. The van der Waals surface area contributed by atoms with Crippen molar-refractivity contribution in [2.45, 2.75) is 6.92 Å². The van der Waals surface area contributed by atoms with Crippen LogP contribution in [0.1, 0.15) is 12.5 Å². The molecule has 4 nitrogen and oxygen atoms in total. The molecule has 1 aromatic heterocycles. The van der Waals surface area contributed by atoms with Gasteiger partial charge in [0.15, 0.2) is 11.6 Å². The SMILES string of the molecule is CCOc1ccc2nc(/N=C/c3cccc(F)c3O)sc2c1. The molecule has 0 spiro atoms. The van der Waals surface area contributed by atoms with E-state index in [4.69, 9.17) is 4.74 Å². The third-order valence-corrected chi connectivity index (χ3v) is 3.92. The summed E-state index contributed by atoms with van der Waals surface area (Å²) in [5, 5.41) is 10.1. The van der Waals surface area contributed by atoms with Gasteiger partial charge in [0.25, 0.3) is 0 Å². The predicted molar refractivity (Wildman–Crippen MR) is 86.1 cm³/mol. The molecule has 0 fully saturated rings. The van der Waals surface area contributed by atoms with Gasteiger partial charge < -0.3 is 9.84 Å². The molecule has 6 heteroatoms. The van der Waals surface area contributed by atoms with E-state index in [2.05, 4.69) is 9.98 Å². The van der Waals surface area contributed by atoms with Crippen molar-refractivity contribution >= 4 is 32.9 Å². The summed E-state index contributed by atoms with van der Waals surface area (Å²) in [7, 11) is 0. The number of ether oxygens (including phenoxy) is 1. The Morgan fingerprint density at radius 1 is 1.36 bits per heavy atom. The number of rotatable bonds is 4. The first-order valence-electron chi connectivity index (χ1n) is 6.72. The number of phenolic OH excluding ortho intramolecular Hbond substituents is 1. The van der Waals surface area contributed by atoms with Crippen LogP contribution in [0.15, 0.2) is 41.4 Å². The van der Waals surface area contributed by atoms with Crippen molar-refractivity contribution in [3.05, 3.63) is 47.8 Å². The van der Waals surface area contributed by atoms with Crippen LogP contribution in [0.2, 0.25) is 0 Å². The molecule has 0 amide bonds. The Morgan fingerprint density at radius 3 is 3.05 bits per heavy atom. The summed E-state index contributed by atoms with van der Waals surface area (Å²) in [6.45, 7) is 2.53. The van der Waals surface area contributed by atoms with E-state index >= 15 is 0 Å². The smallest absolute Gasteiger partial charge is 0.210 e. The molecular weight excluding hydrogens is 303 g/mol. The van der Waals surface area contributed by atoms with Crippen LogP contribution in [0.5, 0.6) is 11.5 Å². The molecule has 0 aliphatic heterocycles. The number of aromatic nitrogens is 1. The largest absolute Gasteiger partial charge is 0.504 e. The van der Waals surface area contributed by atoms with Crippen molar-refractivity contribution in [1.82, 2.24) is 4.98 Å². The van der Waals surface area contributed by atoms with Gasteiger partial charge in [-0.2, -0.15) is 0 Å². The molecule has 112 valence electrons. The van der Waals surface area contributed by atoms with Crippen LogP contribution in [-0.2, 0) is 0 Å². The summed E-state index contributed by atoms with van der Waals surface area (Å²) >= 11 is 1.40. The van der Waals surface area contributed by atoms with Crippen LogP contribution in [0.25, 0.3) is 10.2 Å². The average molecular weight is 316 g/mol. The van der Waals surface area contributed by atoms with Gasteiger partial charge >= 0.3 is 0 Å². The Labute approximate surface area is 130 Å². The van der Waals surface area contributed by atoms with E-state index in [0.29, 0.717) is 17.3 Å². The number of aromatic hydroxyl groups is 1. The van der Waals surface area contributed by atoms with E-state index in [-0.39, 0.29) is 0 Å². The third-order valence-electron chi connectivity index (χ3n) is 2.99. The van der Waals surface area contributed by atoms with Crippen LogP contribution >= 0.6 is 11.3 Å². The van der Waals surface area contributed by atoms with E-state index in [1.807, 2.05) is 25.1 Å². The van der Waals surface area contributed by atoms with Gasteiger partial charge in [0.05, 0.1) is 16.8 Å².